The maximum atomic E-state index is 12.7. The van der Waals surface area contributed by atoms with Gasteiger partial charge in [-0.1, -0.05) is 53.6 Å². The molecular formula is C29H33ClN2O4. The predicted octanol–water partition coefficient (Wildman–Crippen LogP) is 5.01. The summed E-state index contributed by atoms with van der Waals surface area (Å²) in [6, 6.07) is 15.4. The van der Waals surface area contributed by atoms with Gasteiger partial charge in [0.25, 0.3) is 0 Å². The molecule has 190 valence electrons. The Balaban J connectivity index is 1.41. The number of amides is 1. The average molecular weight is 509 g/mol. The summed E-state index contributed by atoms with van der Waals surface area (Å²) in [5, 5.41) is 3.69. The van der Waals surface area contributed by atoms with Crippen molar-refractivity contribution in [2.75, 3.05) is 20.3 Å². The lowest BCUT2D eigenvalue weighted by molar-refractivity contribution is -0.140. The Morgan fingerprint density at radius 1 is 1.06 bits per heavy atom. The number of carbonyl (C=O) groups is 2. The van der Waals surface area contributed by atoms with E-state index in [4.69, 9.17) is 21.1 Å². The van der Waals surface area contributed by atoms with Crippen molar-refractivity contribution in [2.45, 2.75) is 57.4 Å². The minimum Gasteiger partial charge on any atom is -0.475 e. The molecule has 1 amide bonds. The monoisotopic (exact) mass is 508 g/mol. The number of esters is 1. The number of aliphatic imine (C=N–C) groups is 1. The van der Waals surface area contributed by atoms with Crippen molar-refractivity contribution in [3.05, 3.63) is 81.4 Å². The first-order chi connectivity index (χ1) is 17.5. The molecule has 0 saturated carbocycles. The van der Waals surface area contributed by atoms with Gasteiger partial charge in [0.1, 0.15) is 6.61 Å². The van der Waals surface area contributed by atoms with Crippen LogP contribution in [0.25, 0.3) is 0 Å². The zero-order chi connectivity index (χ0) is 25.3. The van der Waals surface area contributed by atoms with Crippen LogP contribution in [0.5, 0.6) is 0 Å². The molecule has 0 radical (unpaired) electrons. The molecular weight excluding hydrogens is 476 g/mol. The van der Waals surface area contributed by atoms with Crippen molar-refractivity contribution in [1.82, 2.24) is 5.32 Å². The van der Waals surface area contributed by atoms with E-state index in [1.54, 1.807) is 0 Å². The third-order valence-corrected chi connectivity index (χ3v) is 7.02. The van der Waals surface area contributed by atoms with E-state index in [0.717, 1.165) is 55.2 Å². The van der Waals surface area contributed by atoms with E-state index in [1.165, 1.54) is 18.2 Å². The molecule has 7 heteroatoms. The number of hydrogen-bond acceptors (Lipinski definition) is 5. The number of allylic oxidation sites excluding steroid dienone is 1. The number of nitrogens with one attached hydrogen (secondary N) is 1. The third-order valence-electron chi connectivity index (χ3n) is 6.77. The Bertz CT molecular complexity index is 1140. The fourth-order valence-electron chi connectivity index (χ4n) is 4.74. The average Bonchev–Trinajstić information content (AvgIpc) is 3.40. The van der Waals surface area contributed by atoms with Crippen LogP contribution in [0.4, 0.5) is 0 Å². The molecule has 1 aliphatic carbocycles. The first-order valence-electron chi connectivity index (χ1n) is 12.6. The number of hydrogen-bond donors (Lipinski definition) is 1. The number of benzene rings is 2. The number of nitrogens with zero attached hydrogens (tertiary/aromatic N) is 1. The molecule has 2 aromatic carbocycles. The summed E-state index contributed by atoms with van der Waals surface area (Å²) < 4.78 is 10.8. The maximum Gasteiger partial charge on any atom is 0.305 e. The summed E-state index contributed by atoms with van der Waals surface area (Å²) in [5.41, 5.74) is 5.95. The quantitative estimate of drug-likeness (QED) is 0.457. The van der Waals surface area contributed by atoms with Crippen LogP contribution in [0.2, 0.25) is 5.02 Å². The molecule has 0 fully saturated rings. The van der Waals surface area contributed by atoms with Crippen molar-refractivity contribution < 1.29 is 19.1 Å². The summed E-state index contributed by atoms with van der Waals surface area (Å²) in [7, 11) is 1.42. The lowest BCUT2D eigenvalue weighted by atomic mass is 9.86. The van der Waals surface area contributed by atoms with E-state index in [0.29, 0.717) is 30.3 Å². The van der Waals surface area contributed by atoms with E-state index < -0.39 is 6.04 Å². The highest BCUT2D eigenvalue weighted by atomic mass is 35.5. The van der Waals surface area contributed by atoms with Gasteiger partial charge >= 0.3 is 5.97 Å². The lowest BCUT2D eigenvalue weighted by Gasteiger charge is -2.21. The molecule has 1 atom stereocenters. The Kier molecular flexibility index (Phi) is 9.17. The highest BCUT2D eigenvalue weighted by Crippen LogP contribution is 2.31. The van der Waals surface area contributed by atoms with Gasteiger partial charge in [-0.2, -0.15) is 0 Å². The number of halogens is 1. The summed E-state index contributed by atoms with van der Waals surface area (Å²) in [4.78, 5) is 29.0. The Hall–Kier alpha value is -3.12. The molecule has 6 nitrogen and oxygen atoms in total. The molecule has 1 unspecified atom stereocenters. The van der Waals surface area contributed by atoms with Crippen molar-refractivity contribution in [2.24, 2.45) is 4.99 Å². The van der Waals surface area contributed by atoms with Crippen LogP contribution in [-0.2, 0) is 38.3 Å². The minimum atomic E-state index is -0.520. The number of rotatable bonds is 10. The van der Waals surface area contributed by atoms with Crippen molar-refractivity contribution in [3.63, 3.8) is 0 Å². The van der Waals surface area contributed by atoms with Gasteiger partial charge < -0.3 is 14.8 Å². The van der Waals surface area contributed by atoms with Crippen LogP contribution in [0, 0.1) is 0 Å². The van der Waals surface area contributed by atoms with E-state index in [2.05, 4.69) is 22.4 Å². The van der Waals surface area contributed by atoms with Gasteiger partial charge in [-0.25, -0.2) is 4.99 Å². The molecule has 0 saturated heterocycles. The van der Waals surface area contributed by atoms with E-state index >= 15 is 0 Å². The first kappa shape index (κ1) is 26.0. The van der Waals surface area contributed by atoms with Gasteiger partial charge in [0.15, 0.2) is 6.04 Å². The molecule has 1 heterocycles. The smallest absolute Gasteiger partial charge is 0.305 e. The summed E-state index contributed by atoms with van der Waals surface area (Å²) >= 11 is 5.94. The van der Waals surface area contributed by atoms with Gasteiger partial charge in [-0.3, -0.25) is 9.59 Å². The third kappa shape index (κ3) is 6.97. The highest BCUT2D eigenvalue weighted by Gasteiger charge is 2.29. The minimum absolute atomic E-state index is 0.106. The molecule has 1 N–H and O–H groups in total. The summed E-state index contributed by atoms with van der Waals surface area (Å²) in [6.07, 6.45) is 6.66. The highest BCUT2D eigenvalue weighted by molar-refractivity contribution is 6.30. The van der Waals surface area contributed by atoms with E-state index in [-0.39, 0.29) is 18.5 Å². The number of methoxy groups -OCH3 is 1. The van der Waals surface area contributed by atoms with Crippen LogP contribution in [-0.4, -0.2) is 44.1 Å². The lowest BCUT2D eigenvalue weighted by Crippen LogP contribution is -2.35. The van der Waals surface area contributed by atoms with Crippen molar-refractivity contribution in [3.8, 4) is 0 Å². The topological polar surface area (TPSA) is 77.0 Å². The fraction of sp³-hybridized carbons (Fsp3) is 0.414. The Morgan fingerprint density at radius 2 is 1.81 bits per heavy atom. The van der Waals surface area contributed by atoms with Crippen LogP contribution in [0.15, 0.2) is 64.7 Å². The predicted molar refractivity (Wildman–Crippen MR) is 141 cm³/mol. The zero-order valence-corrected chi connectivity index (χ0v) is 21.5. The van der Waals surface area contributed by atoms with Crippen LogP contribution >= 0.6 is 11.6 Å². The second kappa shape index (κ2) is 12.7. The molecule has 36 heavy (non-hydrogen) atoms. The van der Waals surface area contributed by atoms with Crippen LogP contribution in [0.1, 0.15) is 48.8 Å². The van der Waals surface area contributed by atoms with Crippen LogP contribution < -0.4 is 5.32 Å². The second-order valence-corrected chi connectivity index (χ2v) is 9.68. The summed E-state index contributed by atoms with van der Waals surface area (Å²) in [5.74, 6) is 0.313. The van der Waals surface area contributed by atoms with Gasteiger partial charge in [-0.15, -0.1) is 0 Å². The second-order valence-electron chi connectivity index (χ2n) is 9.24. The molecule has 0 bridgehead atoms. The number of ether oxygens (including phenoxy) is 2. The first-order valence-corrected chi connectivity index (χ1v) is 13.0. The number of aryl methyl sites for hydroxylation is 1. The number of carbonyl (C=O) groups excluding carboxylic acids is 2. The molecule has 2 aliphatic rings. The van der Waals surface area contributed by atoms with Gasteiger partial charge in [0.2, 0.25) is 11.8 Å². The SMILES string of the molecule is COC(=O)CCc1ccccc1CC1=C(C2=NC(C(=O)NCCc3ccc(Cl)cc3)CO2)CCCC1. The van der Waals surface area contributed by atoms with Crippen LogP contribution in [0.3, 0.4) is 0 Å². The molecule has 2 aromatic rings. The fourth-order valence-corrected chi connectivity index (χ4v) is 4.86. The normalized spacial score (nSPS) is 17.4. The molecule has 1 aliphatic heterocycles. The van der Waals surface area contributed by atoms with Gasteiger partial charge in [0, 0.05) is 23.6 Å². The standard InChI is InChI=1S/C29H33ClN2O4/c1-35-27(33)15-12-21-6-2-3-7-22(21)18-23-8-4-5-9-25(23)29-32-26(19-36-29)28(34)31-17-16-20-10-13-24(30)14-11-20/h2-3,6-7,10-11,13-14,26H,4-5,8-9,12,15-19H2,1H3,(H,31,34). The van der Waals surface area contributed by atoms with E-state index in [9.17, 15) is 9.59 Å². The van der Waals surface area contributed by atoms with Gasteiger partial charge in [-0.05, 0) is 73.8 Å². The molecule has 0 spiro atoms. The van der Waals surface area contributed by atoms with Crippen molar-refractivity contribution >= 4 is 29.4 Å². The summed E-state index contributed by atoms with van der Waals surface area (Å²) in [6.45, 7) is 0.812. The zero-order valence-electron chi connectivity index (χ0n) is 20.7. The Labute approximate surface area is 217 Å². The molecule has 4 rings (SSSR count). The van der Waals surface area contributed by atoms with Crippen molar-refractivity contribution in [1.29, 1.82) is 0 Å². The Morgan fingerprint density at radius 3 is 2.58 bits per heavy atom. The molecule has 0 aromatic heterocycles. The van der Waals surface area contributed by atoms with E-state index in [1.807, 2.05) is 36.4 Å². The maximum absolute atomic E-state index is 12.7. The van der Waals surface area contributed by atoms with Gasteiger partial charge in [0.05, 0.1) is 7.11 Å². The largest absolute Gasteiger partial charge is 0.475 e.